The van der Waals surface area contributed by atoms with Crippen LogP contribution in [0.4, 0.5) is 5.69 Å². The molecule has 0 amide bonds. The number of esters is 4. The molecule has 162 valence electrons. The first kappa shape index (κ1) is 24.5. The molecule has 3 unspecified atom stereocenters. The molecule has 0 heterocycles. The van der Waals surface area contributed by atoms with Gasteiger partial charge in [-0.25, -0.2) is 0 Å². The molecule has 0 saturated carbocycles. The van der Waals surface area contributed by atoms with Crippen LogP contribution in [0.3, 0.4) is 0 Å². The highest BCUT2D eigenvalue weighted by Crippen LogP contribution is 2.17. The first-order valence-corrected chi connectivity index (χ1v) is 8.96. The summed E-state index contributed by atoms with van der Waals surface area (Å²) in [6.45, 7) is 4.18. The van der Waals surface area contributed by atoms with E-state index in [2.05, 4.69) is 10.2 Å². The van der Waals surface area contributed by atoms with E-state index < -0.39 is 48.8 Å². The maximum absolute atomic E-state index is 11.6. The van der Waals surface area contributed by atoms with Crippen LogP contribution in [0, 0.1) is 0 Å². The highest BCUT2D eigenvalue weighted by Gasteiger charge is 2.36. The Morgan fingerprint density at radius 3 is 2.00 bits per heavy atom. The lowest BCUT2D eigenvalue weighted by Crippen LogP contribution is -2.46. The summed E-state index contributed by atoms with van der Waals surface area (Å²) in [6.07, 6.45) is -1.16. The number of rotatable bonds is 10. The van der Waals surface area contributed by atoms with Crippen molar-refractivity contribution in [1.82, 2.24) is 0 Å². The summed E-state index contributed by atoms with van der Waals surface area (Å²) in [6, 6.07) is 8.87. The van der Waals surface area contributed by atoms with Gasteiger partial charge in [0.05, 0.1) is 5.69 Å². The zero-order valence-electron chi connectivity index (χ0n) is 17.1. The molecule has 0 spiro atoms. The van der Waals surface area contributed by atoms with Gasteiger partial charge in [-0.1, -0.05) is 18.2 Å². The van der Waals surface area contributed by atoms with Crippen molar-refractivity contribution in [2.24, 2.45) is 10.2 Å². The van der Waals surface area contributed by atoms with Crippen LogP contribution in [0.25, 0.3) is 0 Å². The standard InChI is InChI=1S/C20H24N2O8/c1-13(23)27-12-19(29-15(3)25)20(30-16(4)26)18(28-14(2)24)10-11-21-22-17-8-6-5-7-9-17/h5-11,18-20H,12H2,1-4H3/b11-10+,22-21?. The summed E-state index contributed by atoms with van der Waals surface area (Å²) < 4.78 is 20.4. The number of ether oxygens (including phenoxy) is 4. The van der Waals surface area contributed by atoms with E-state index in [1.165, 1.54) is 19.2 Å². The van der Waals surface area contributed by atoms with Gasteiger partial charge in [0.1, 0.15) is 6.61 Å². The van der Waals surface area contributed by atoms with E-state index in [0.29, 0.717) is 5.69 Å². The van der Waals surface area contributed by atoms with Crippen LogP contribution in [-0.4, -0.2) is 48.8 Å². The minimum atomic E-state index is -1.29. The Balaban J connectivity index is 3.14. The Hall–Kier alpha value is -3.56. The molecule has 0 N–H and O–H groups in total. The molecule has 0 aliphatic heterocycles. The van der Waals surface area contributed by atoms with E-state index in [1.807, 2.05) is 6.07 Å². The van der Waals surface area contributed by atoms with Crippen LogP contribution in [0.1, 0.15) is 27.7 Å². The molecule has 1 rings (SSSR count). The molecule has 0 aromatic heterocycles. The fraction of sp³-hybridized carbons (Fsp3) is 0.400. The van der Waals surface area contributed by atoms with Gasteiger partial charge in [0.15, 0.2) is 18.3 Å². The monoisotopic (exact) mass is 420 g/mol. The average Bonchev–Trinajstić information content (AvgIpc) is 2.66. The number of carbonyl (C=O) groups excluding carboxylic acids is 4. The van der Waals surface area contributed by atoms with Gasteiger partial charge in [0.25, 0.3) is 0 Å². The zero-order chi connectivity index (χ0) is 22.5. The van der Waals surface area contributed by atoms with Crippen LogP contribution in [0.5, 0.6) is 0 Å². The molecule has 0 aliphatic rings. The second kappa shape index (κ2) is 12.8. The van der Waals surface area contributed by atoms with Crippen molar-refractivity contribution in [1.29, 1.82) is 0 Å². The van der Waals surface area contributed by atoms with Crippen molar-refractivity contribution in [3.63, 3.8) is 0 Å². The Labute approximate surface area is 173 Å². The van der Waals surface area contributed by atoms with Gasteiger partial charge < -0.3 is 18.9 Å². The molecular weight excluding hydrogens is 396 g/mol. The van der Waals surface area contributed by atoms with Crippen molar-refractivity contribution in [3.05, 3.63) is 42.6 Å². The lowest BCUT2D eigenvalue weighted by molar-refractivity contribution is -0.185. The summed E-state index contributed by atoms with van der Waals surface area (Å²) in [5.41, 5.74) is 0.593. The first-order chi connectivity index (χ1) is 14.2. The molecule has 0 aliphatic carbocycles. The van der Waals surface area contributed by atoms with E-state index in [4.69, 9.17) is 18.9 Å². The van der Waals surface area contributed by atoms with Crippen molar-refractivity contribution in [3.8, 4) is 0 Å². The smallest absolute Gasteiger partial charge is 0.303 e. The summed E-state index contributed by atoms with van der Waals surface area (Å²) in [5, 5.41) is 7.83. The predicted octanol–water partition coefficient (Wildman–Crippen LogP) is 2.64. The van der Waals surface area contributed by atoms with Crippen molar-refractivity contribution < 1.29 is 38.1 Å². The lowest BCUT2D eigenvalue weighted by atomic mass is 10.1. The minimum absolute atomic E-state index is 0.413. The van der Waals surface area contributed by atoms with Gasteiger partial charge in [-0.15, -0.1) is 0 Å². The molecule has 0 saturated heterocycles. The minimum Gasteiger partial charge on any atom is -0.462 e. The van der Waals surface area contributed by atoms with Crippen molar-refractivity contribution in [2.75, 3.05) is 6.61 Å². The number of carbonyl (C=O) groups is 4. The van der Waals surface area contributed by atoms with Gasteiger partial charge in [-0.3, -0.25) is 19.2 Å². The van der Waals surface area contributed by atoms with Crippen LogP contribution in [-0.2, 0) is 38.1 Å². The van der Waals surface area contributed by atoms with Crippen LogP contribution >= 0.6 is 0 Å². The molecule has 0 fully saturated rings. The van der Waals surface area contributed by atoms with Crippen LogP contribution in [0.2, 0.25) is 0 Å². The second-order valence-electron chi connectivity index (χ2n) is 5.99. The van der Waals surface area contributed by atoms with Gasteiger partial charge >= 0.3 is 23.9 Å². The number of hydrogen-bond donors (Lipinski definition) is 0. The SMILES string of the molecule is CC(=O)OCC(OC(C)=O)C(OC(C)=O)C(/C=C/N=Nc1ccccc1)OC(C)=O. The quantitative estimate of drug-likeness (QED) is 0.321. The molecule has 3 atom stereocenters. The van der Waals surface area contributed by atoms with E-state index in [0.717, 1.165) is 20.8 Å². The Morgan fingerprint density at radius 1 is 0.867 bits per heavy atom. The van der Waals surface area contributed by atoms with E-state index >= 15 is 0 Å². The Bertz CT molecular complexity index is 791. The molecule has 1 aromatic rings. The molecule has 0 bridgehead atoms. The molecular formula is C20H24N2O8. The molecule has 0 radical (unpaired) electrons. The summed E-state index contributed by atoms with van der Waals surface area (Å²) in [4.78, 5) is 45.8. The fourth-order valence-electron chi connectivity index (χ4n) is 2.28. The number of nitrogens with zero attached hydrogens (tertiary/aromatic N) is 2. The fourth-order valence-corrected chi connectivity index (χ4v) is 2.28. The third-order valence-electron chi connectivity index (χ3n) is 3.33. The maximum Gasteiger partial charge on any atom is 0.303 e. The van der Waals surface area contributed by atoms with Gasteiger partial charge in [0, 0.05) is 33.9 Å². The third kappa shape index (κ3) is 10.1. The molecule has 1 aromatic carbocycles. The second-order valence-corrected chi connectivity index (χ2v) is 5.99. The maximum atomic E-state index is 11.6. The number of benzene rings is 1. The third-order valence-corrected chi connectivity index (χ3v) is 3.33. The molecule has 10 nitrogen and oxygen atoms in total. The van der Waals surface area contributed by atoms with Crippen LogP contribution in [0.15, 0.2) is 52.8 Å². The molecule has 30 heavy (non-hydrogen) atoms. The van der Waals surface area contributed by atoms with Crippen molar-refractivity contribution in [2.45, 2.75) is 46.0 Å². The van der Waals surface area contributed by atoms with Gasteiger partial charge in [-0.2, -0.15) is 10.2 Å². The van der Waals surface area contributed by atoms with Crippen molar-refractivity contribution >= 4 is 29.6 Å². The molecule has 10 heteroatoms. The van der Waals surface area contributed by atoms with Crippen LogP contribution < -0.4 is 0 Å². The topological polar surface area (TPSA) is 130 Å². The summed E-state index contributed by atoms with van der Waals surface area (Å²) in [5.74, 6) is -2.75. The van der Waals surface area contributed by atoms with Gasteiger partial charge in [0.2, 0.25) is 0 Å². The number of azo groups is 1. The lowest BCUT2D eigenvalue weighted by Gasteiger charge is -2.30. The zero-order valence-corrected chi connectivity index (χ0v) is 17.1. The largest absolute Gasteiger partial charge is 0.462 e. The summed E-state index contributed by atoms with van der Waals surface area (Å²) >= 11 is 0. The van der Waals surface area contributed by atoms with Gasteiger partial charge in [-0.05, 0) is 18.2 Å². The summed E-state index contributed by atoms with van der Waals surface area (Å²) in [7, 11) is 0. The van der Waals surface area contributed by atoms with E-state index in [-0.39, 0.29) is 0 Å². The predicted molar refractivity (Wildman–Crippen MR) is 103 cm³/mol. The average molecular weight is 420 g/mol. The normalized spacial score (nSPS) is 14.0. The highest BCUT2D eigenvalue weighted by molar-refractivity contribution is 5.69. The Morgan fingerprint density at radius 2 is 1.47 bits per heavy atom. The first-order valence-electron chi connectivity index (χ1n) is 8.96. The number of hydrogen-bond acceptors (Lipinski definition) is 10. The highest BCUT2D eigenvalue weighted by atomic mass is 16.6. The van der Waals surface area contributed by atoms with E-state index in [1.54, 1.807) is 24.3 Å². The van der Waals surface area contributed by atoms with E-state index in [9.17, 15) is 19.2 Å². The Kier molecular flexibility index (Phi) is 10.5.